The number of nitrogens with one attached hydrogen (secondary N) is 1. The monoisotopic (exact) mass is 422 g/mol. The highest BCUT2D eigenvalue weighted by molar-refractivity contribution is 7.10. The van der Waals surface area contributed by atoms with Gasteiger partial charge in [0.15, 0.2) is 0 Å². The predicted molar refractivity (Wildman–Crippen MR) is 114 cm³/mol. The van der Waals surface area contributed by atoms with Gasteiger partial charge in [-0.3, -0.25) is 9.78 Å². The number of nitrogens with zero attached hydrogens (tertiary/aromatic N) is 3. The molecule has 0 unspecified atom stereocenters. The summed E-state index contributed by atoms with van der Waals surface area (Å²) < 4.78 is 5.71. The van der Waals surface area contributed by atoms with Crippen LogP contribution in [0.2, 0.25) is 0 Å². The number of aryl methyl sites for hydroxylation is 1. The largest absolute Gasteiger partial charge is 0.487 e. The summed E-state index contributed by atoms with van der Waals surface area (Å²) in [6.07, 6.45) is 3.48. The Morgan fingerprint density at radius 1 is 1.03 bits per heavy atom. The highest BCUT2D eigenvalue weighted by Gasteiger charge is 2.09. The third-order valence-corrected chi connectivity index (χ3v) is 5.77. The van der Waals surface area contributed by atoms with E-state index in [2.05, 4.69) is 20.3 Å². The number of carbonyl (C=O) groups excluding carboxylic acids is 1. The molecular weight excluding hydrogens is 404 g/mol. The Morgan fingerprint density at radius 3 is 2.55 bits per heavy atom. The standard InChI is InChI=1S/C21H18N4O2S2/c1-14-24-17(12-28-14)11-27-18-4-2-16(3-5-18)21(26)23-10-20-25-19(13-29-20)15-6-8-22-9-7-15/h2-9,12-13H,10-11H2,1H3,(H,23,26). The van der Waals surface area contributed by atoms with Crippen LogP contribution in [0.4, 0.5) is 0 Å². The molecule has 0 saturated carbocycles. The van der Waals surface area contributed by atoms with Gasteiger partial charge in [0, 0.05) is 34.3 Å². The maximum Gasteiger partial charge on any atom is 0.251 e. The molecule has 1 N–H and O–H groups in total. The van der Waals surface area contributed by atoms with Crippen molar-refractivity contribution in [1.29, 1.82) is 0 Å². The quantitative estimate of drug-likeness (QED) is 0.475. The minimum Gasteiger partial charge on any atom is -0.487 e. The van der Waals surface area contributed by atoms with Crippen molar-refractivity contribution in [2.45, 2.75) is 20.1 Å². The molecule has 0 aliphatic heterocycles. The number of pyridine rings is 1. The lowest BCUT2D eigenvalue weighted by molar-refractivity contribution is 0.0951. The Labute approximate surface area is 176 Å². The van der Waals surface area contributed by atoms with Gasteiger partial charge in [0.2, 0.25) is 0 Å². The number of thiazole rings is 2. The number of carbonyl (C=O) groups is 1. The zero-order valence-electron chi connectivity index (χ0n) is 15.7. The van der Waals surface area contributed by atoms with Gasteiger partial charge >= 0.3 is 0 Å². The highest BCUT2D eigenvalue weighted by Crippen LogP contribution is 2.21. The second-order valence-corrected chi connectivity index (χ2v) is 8.22. The van der Waals surface area contributed by atoms with Crippen molar-refractivity contribution in [3.05, 3.63) is 80.8 Å². The van der Waals surface area contributed by atoms with Crippen LogP contribution in [-0.4, -0.2) is 20.9 Å². The van der Waals surface area contributed by atoms with Crippen molar-refractivity contribution < 1.29 is 9.53 Å². The lowest BCUT2D eigenvalue weighted by Crippen LogP contribution is -2.22. The van der Waals surface area contributed by atoms with Gasteiger partial charge in [0.25, 0.3) is 5.91 Å². The summed E-state index contributed by atoms with van der Waals surface area (Å²) in [7, 11) is 0. The van der Waals surface area contributed by atoms with E-state index in [-0.39, 0.29) is 5.91 Å². The smallest absolute Gasteiger partial charge is 0.251 e. The first-order valence-corrected chi connectivity index (χ1v) is 10.7. The summed E-state index contributed by atoms with van der Waals surface area (Å²) in [5.74, 6) is 0.557. The van der Waals surface area contributed by atoms with Crippen LogP contribution in [0.15, 0.2) is 59.6 Å². The second-order valence-electron chi connectivity index (χ2n) is 6.22. The van der Waals surface area contributed by atoms with E-state index in [1.54, 1.807) is 48.0 Å². The topological polar surface area (TPSA) is 77.0 Å². The summed E-state index contributed by atoms with van der Waals surface area (Å²) >= 11 is 3.12. The summed E-state index contributed by atoms with van der Waals surface area (Å²) in [5.41, 5.74) is 3.38. The average molecular weight is 423 g/mol. The molecule has 0 atom stereocenters. The van der Waals surface area contributed by atoms with Crippen molar-refractivity contribution >= 4 is 28.6 Å². The summed E-state index contributed by atoms with van der Waals surface area (Å²) in [5, 5.41) is 8.74. The first kappa shape index (κ1) is 19.2. The van der Waals surface area contributed by atoms with Gasteiger partial charge in [-0.1, -0.05) is 0 Å². The third kappa shape index (κ3) is 5.04. The first-order chi connectivity index (χ1) is 14.2. The third-order valence-electron chi connectivity index (χ3n) is 4.10. The fourth-order valence-corrected chi connectivity index (χ4v) is 3.98. The van der Waals surface area contributed by atoms with Crippen LogP contribution in [0.3, 0.4) is 0 Å². The average Bonchev–Trinajstić information content (AvgIpc) is 3.40. The molecule has 0 radical (unpaired) electrons. The molecule has 146 valence electrons. The van der Waals surface area contributed by atoms with Gasteiger partial charge in [-0.05, 0) is 43.3 Å². The van der Waals surface area contributed by atoms with Crippen LogP contribution >= 0.6 is 22.7 Å². The Balaban J connectivity index is 1.30. The first-order valence-electron chi connectivity index (χ1n) is 8.94. The highest BCUT2D eigenvalue weighted by atomic mass is 32.1. The maximum absolute atomic E-state index is 12.4. The van der Waals surface area contributed by atoms with Gasteiger partial charge in [-0.2, -0.15) is 0 Å². The lowest BCUT2D eigenvalue weighted by Gasteiger charge is -2.06. The SMILES string of the molecule is Cc1nc(COc2ccc(C(=O)NCc3nc(-c4ccncc4)cs3)cc2)cs1. The molecular formula is C21H18N4O2S2. The number of amides is 1. The van der Waals surface area contributed by atoms with Gasteiger partial charge in [-0.25, -0.2) is 9.97 Å². The fraction of sp³-hybridized carbons (Fsp3) is 0.143. The number of aromatic nitrogens is 3. The Kier molecular flexibility index (Phi) is 5.92. The Morgan fingerprint density at radius 2 is 1.83 bits per heavy atom. The molecule has 6 nitrogen and oxygen atoms in total. The lowest BCUT2D eigenvalue weighted by atomic mass is 10.2. The number of benzene rings is 1. The van der Waals surface area contributed by atoms with E-state index in [0.29, 0.717) is 24.5 Å². The molecule has 1 aromatic carbocycles. The molecule has 29 heavy (non-hydrogen) atoms. The molecule has 4 aromatic rings. The van der Waals surface area contributed by atoms with Gasteiger partial charge in [-0.15, -0.1) is 22.7 Å². The molecule has 8 heteroatoms. The normalized spacial score (nSPS) is 10.7. The van der Waals surface area contributed by atoms with E-state index in [0.717, 1.165) is 27.0 Å². The van der Waals surface area contributed by atoms with Gasteiger partial charge in [0.05, 0.1) is 22.9 Å². The van der Waals surface area contributed by atoms with E-state index in [4.69, 9.17) is 4.74 Å². The van der Waals surface area contributed by atoms with Crippen LogP contribution in [-0.2, 0) is 13.2 Å². The van der Waals surface area contributed by atoms with Crippen LogP contribution < -0.4 is 10.1 Å². The number of rotatable bonds is 7. The Bertz CT molecular complexity index is 1090. The molecule has 3 heterocycles. The van der Waals surface area contributed by atoms with E-state index in [1.165, 1.54) is 11.3 Å². The van der Waals surface area contributed by atoms with Crippen LogP contribution in [0, 0.1) is 6.92 Å². The molecule has 0 saturated heterocycles. The van der Waals surface area contributed by atoms with Crippen molar-refractivity contribution in [2.75, 3.05) is 0 Å². The molecule has 0 aliphatic carbocycles. The van der Waals surface area contributed by atoms with Crippen molar-refractivity contribution in [2.24, 2.45) is 0 Å². The van der Waals surface area contributed by atoms with Crippen LogP contribution in [0.1, 0.15) is 26.1 Å². The van der Waals surface area contributed by atoms with Gasteiger partial charge < -0.3 is 10.1 Å². The number of hydrogen-bond donors (Lipinski definition) is 1. The van der Waals surface area contributed by atoms with Gasteiger partial charge in [0.1, 0.15) is 17.4 Å². The minimum absolute atomic E-state index is 0.146. The zero-order chi connectivity index (χ0) is 20.1. The maximum atomic E-state index is 12.4. The van der Waals surface area contributed by atoms with Crippen LogP contribution in [0.5, 0.6) is 5.75 Å². The fourth-order valence-electron chi connectivity index (χ4n) is 2.64. The summed E-state index contributed by atoms with van der Waals surface area (Å²) in [6.45, 7) is 2.77. The molecule has 4 rings (SSSR count). The van der Waals surface area contributed by atoms with Crippen LogP contribution in [0.25, 0.3) is 11.3 Å². The molecule has 0 spiro atoms. The molecule has 1 amide bonds. The van der Waals surface area contributed by atoms with Crippen molar-refractivity contribution in [1.82, 2.24) is 20.3 Å². The van der Waals surface area contributed by atoms with E-state index < -0.39 is 0 Å². The summed E-state index contributed by atoms with van der Waals surface area (Å²) in [4.78, 5) is 25.3. The zero-order valence-corrected chi connectivity index (χ0v) is 17.3. The van der Waals surface area contributed by atoms with Crippen molar-refractivity contribution in [3.8, 4) is 17.0 Å². The number of ether oxygens (including phenoxy) is 1. The molecule has 0 aliphatic rings. The van der Waals surface area contributed by atoms with E-state index in [1.807, 2.05) is 29.8 Å². The van der Waals surface area contributed by atoms with Crippen molar-refractivity contribution in [3.63, 3.8) is 0 Å². The Hall–Kier alpha value is -3.10. The second kappa shape index (κ2) is 8.93. The molecule has 3 aromatic heterocycles. The number of hydrogen-bond acceptors (Lipinski definition) is 7. The predicted octanol–water partition coefficient (Wildman–Crippen LogP) is 4.48. The van der Waals surface area contributed by atoms with E-state index >= 15 is 0 Å². The molecule has 0 bridgehead atoms. The van der Waals surface area contributed by atoms with E-state index in [9.17, 15) is 4.79 Å². The molecule has 0 fully saturated rings. The summed E-state index contributed by atoms with van der Waals surface area (Å²) in [6, 6.07) is 10.9. The minimum atomic E-state index is -0.146.